The second-order valence-electron chi connectivity index (χ2n) is 8.95. The van der Waals surface area contributed by atoms with Gasteiger partial charge < -0.3 is 15.2 Å². The molecule has 7 heteroatoms. The summed E-state index contributed by atoms with van der Waals surface area (Å²) in [5, 5.41) is 7.78. The Bertz CT molecular complexity index is 1460. The quantitative estimate of drug-likeness (QED) is 0.452. The zero-order chi connectivity index (χ0) is 23.8. The normalized spacial score (nSPS) is 14.5. The molecule has 3 heterocycles. The van der Waals surface area contributed by atoms with Crippen LogP contribution >= 0.6 is 0 Å². The van der Waals surface area contributed by atoms with Crippen molar-refractivity contribution in [2.45, 2.75) is 32.4 Å². The molecule has 1 aliphatic rings. The van der Waals surface area contributed by atoms with E-state index in [1.54, 1.807) is 12.1 Å². The Morgan fingerprint density at radius 3 is 2.44 bits per heavy atom. The molecule has 4 aromatic rings. The molecule has 0 aliphatic carbocycles. The Labute approximate surface area is 197 Å². The van der Waals surface area contributed by atoms with E-state index in [2.05, 4.69) is 10.6 Å². The number of aromatic nitrogens is 2. The van der Waals surface area contributed by atoms with Gasteiger partial charge in [-0.2, -0.15) is 0 Å². The van der Waals surface area contributed by atoms with Gasteiger partial charge >= 0.3 is 0 Å². The summed E-state index contributed by atoms with van der Waals surface area (Å²) in [6.07, 6.45) is 1.76. The first-order valence-corrected chi connectivity index (χ1v) is 11.7. The average molecular weight is 457 g/mol. The highest BCUT2D eigenvalue weighted by Gasteiger charge is 2.26. The number of benzene rings is 2. The smallest absolute Gasteiger partial charge is 0.268 e. The van der Waals surface area contributed by atoms with Crippen molar-refractivity contribution in [1.29, 1.82) is 0 Å². The topological polar surface area (TPSA) is 85.1 Å². The van der Waals surface area contributed by atoms with E-state index in [9.17, 15) is 14.4 Å². The zero-order valence-corrected chi connectivity index (χ0v) is 19.4. The van der Waals surface area contributed by atoms with Crippen LogP contribution in [0, 0.1) is 6.92 Å². The third-order valence-electron chi connectivity index (χ3n) is 6.83. The van der Waals surface area contributed by atoms with Gasteiger partial charge in [0, 0.05) is 24.0 Å². The molecule has 0 bridgehead atoms. The molecule has 2 aromatic heterocycles. The van der Waals surface area contributed by atoms with Crippen LogP contribution in [0.2, 0.25) is 0 Å². The molecule has 1 saturated heterocycles. The lowest BCUT2D eigenvalue weighted by atomic mass is 10.1. The highest BCUT2D eigenvalue weighted by molar-refractivity contribution is 6.10. The van der Waals surface area contributed by atoms with Crippen LogP contribution in [0.15, 0.2) is 59.4 Å². The number of carbonyl (C=O) groups is 2. The van der Waals surface area contributed by atoms with Gasteiger partial charge in [0.15, 0.2) is 5.78 Å². The zero-order valence-electron chi connectivity index (χ0n) is 19.4. The van der Waals surface area contributed by atoms with Crippen LogP contribution in [0.5, 0.6) is 0 Å². The summed E-state index contributed by atoms with van der Waals surface area (Å²) in [7, 11) is 1.83. The summed E-state index contributed by atoms with van der Waals surface area (Å²) >= 11 is 0. The number of pyridine rings is 1. The molecule has 34 heavy (non-hydrogen) atoms. The molecular formula is C27H28N4O3. The number of ketones is 1. The van der Waals surface area contributed by atoms with E-state index >= 15 is 0 Å². The molecule has 2 aromatic carbocycles. The fourth-order valence-electron chi connectivity index (χ4n) is 5.12. The van der Waals surface area contributed by atoms with E-state index in [-0.39, 0.29) is 29.8 Å². The molecule has 1 fully saturated rings. The number of para-hydroxylation sites is 1. The molecule has 0 atom stereocenters. The number of hydrogen-bond acceptors (Lipinski definition) is 4. The fourth-order valence-corrected chi connectivity index (χ4v) is 5.12. The average Bonchev–Trinajstić information content (AvgIpc) is 3.13. The number of Topliss-reactive ketones (excluding diaryl/α,β-unsaturated/α-hetero) is 1. The number of nitrogens with zero attached hydrogens (tertiary/aromatic N) is 2. The van der Waals surface area contributed by atoms with E-state index in [4.69, 9.17) is 0 Å². The number of fused-ring (bicyclic) bond motifs is 3. The lowest BCUT2D eigenvalue weighted by molar-refractivity contribution is 0.0919. The Balaban J connectivity index is 1.66. The summed E-state index contributed by atoms with van der Waals surface area (Å²) in [6.45, 7) is 3.51. The molecule has 174 valence electrons. The SMILES string of the molecule is Cc1c(C(=O)NC2CCNCC2)n(C)c2c1c(=O)n(CC(=O)c1ccccc1)c1ccccc21. The lowest BCUT2D eigenvalue weighted by Gasteiger charge is -2.24. The standard InChI is InChI=1S/C27H28N4O3/c1-17-23-25(30(2)24(17)26(33)29-19-12-14-28-15-13-19)20-10-6-7-11-21(20)31(27(23)34)16-22(32)18-8-4-3-5-9-18/h3-11,19,28H,12-16H2,1-2H3,(H,29,33). The van der Waals surface area contributed by atoms with Gasteiger partial charge in [-0.05, 0) is 44.5 Å². The maximum absolute atomic E-state index is 13.8. The number of aryl methyl sites for hydroxylation is 2. The highest BCUT2D eigenvalue weighted by Crippen LogP contribution is 2.29. The minimum Gasteiger partial charge on any atom is -0.348 e. The summed E-state index contributed by atoms with van der Waals surface area (Å²) in [5.41, 5.74) is 2.83. The monoisotopic (exact) mass is 456 g/mol. The second-order valence-corrected chi connectivity index (χ2v) is 8.95. The number of carbonyl (C=O) groups excluding carboxylic acids is 2. The molecule has 7 nitrogen and oxygen atoms in total. The van der Waals surface area contributed by atoms with Crippen molar-refractivity contribution in [2.75, 3.05) is 13.1 Å². The van der Waals surface area contributed by atoms with Gasteiger partial charge in [-0.1, -0.05) is 48.5 Å². The van der Waals surface area contributed by atoms with E-state index in [1.807, 2.05) is 61.0 Å². The van der Waals surface area contributed by atoms with E-state index < -0.39 is 0 Å². The second kappa shape index (κ2) is 8.91. The minimum atomic E-state index is -0.257. The van der Waals surface area contributed by atoms with Crippen LogP contribution in [-0.2, 0) is 13.6 Å². The summed E-state index contributed by atoms with van der Waals surface area (Å²) < 4.78 is 3.36. The van der Waals surface area contributed by atoms with Gasteiger partial charge in [-0.3, -0.25) is 19.0 Å². The van der Waals surface area contributed by atoms with Crippen molar-refractivity contribution in [2.24, 2.45) is 7.05 Å². The van der Waals surface area contributed by atoms with Gasteiger partial charge in [-0.15, -0.1) is 0 Å². The highest BCUT2D eigenvalue weighted by atomic mass is 16.2. The fraction of sp³-hybridized carbons (Fsp3) is 0.296. The van der Waals surface area contributed by atoms with Gasteiger partial charge in [-0.25, -0.2) is 0 Å². The molecule has 1 amide bonds. The van der Waals surface area contributed by atoms with Gasteiger partial charge in [0.05, 0.1) is 23.0 Å². The molecule has 2 N–H and O–H groups in total. The van der Waals surface area contributed by atoms with E-state index in [1.165, 1.54) is 4.57 Å². The first-order valence-electron chi connectivity index (χ1n) is 11.7. The van der Waals surface area contributed by atoms with Crippen LogP contribution in [0.4, 0.5) is 0 Å². The molecule has 0 radical (unpaired) electrons. The Morgan fingerprint density at radius 1 is 1.03 bits per heavy atom. The third-order valence-corrected chi connectivity index (χ3v) is 6.83. The summed E-state index contributed by atoms with van der Waals surface area (Å²) in [6, 6.07) is 16.7. The van der Waals surface area contributed by atoms with Crippen molar-refractivity contribution in [3.05, 3.63) is 81.8 Å². The maximum atomic E-state index is 13.8. The van der Waals surface area contributed by atoms with Crippen molar-refractivity contribution >= 4 is 33.5 Å². The van der Waals surface area contributed by atoms with Crippen LogP contribution in [0.3, 0.4) is 0 Å². The van der Waals surface area contributed by atoms with Crippen molar-refractivity contribution in [3.8, 4) is 0 Å². The molecule has 5 rings (SSSR count). The molecule has 1 aliphatic heterocycles. The van der Waals surface area contributed by atoms with E-state index in [0.717, 1.165) is 36.8 Å². The first kappa shape index (κ1) is 22.1. The van der Waals surface area contributed by atoms with Gasteiger partial charge in [0.25, 0.3) is 11.5 Å². The first-order chi connectivity index (χ1) is 16.5. The van der Waals surface area contributed by atoms with E-state index in [0.29, 0.717) is 27.7 Å². The molecule has 0 unspecified atom stereocenters. The Kier molecular flexibility index (Phi) is 5.79. The Morgan fingerprint density at radius 2 is 1.71 bits per heavy atom. The van der Waals surface area contributed by atoms with Crippen LogP contribution in [0.25, 0.3) is 21.8 Å². The van der Waals surface area contributed by atoms with Crippen molar-refractivity contribution in [1.82, 2.24) is 19.8 Å². The van der Waals surface area contributed by atoms with Crippen LogP contribution < -0.4 is 16.2 Å². The largest absolute Gasteiger partial charge is 0.348 e. The number of amides is 1. The number of hydrogen-bond donors (Lipinski definition) is 2. The maximum Gasteiger partial charge on any atom is 0.268 e. The number of nitrogens with one attached hydrogen (secondary N) is 2. The van der Waals surface area contributed by atoms with Crippen molar-refractivity contribution < 1.29 is 9.59 Å². The van der Waals surface area contributed by atoms with Crippen LogP contribution in [0.1, 0.15) is 39.3 Å². The lowest BCUT2D eigenvalue weighted by Crippen LogP contribution is -2.43. The molecule has 0 saturated carbocycles. The van der Waals surface area contributed by atoms with Gasteiger partial charge in [0.2, 0.25) is 0 Å². The summed E-state index contributed by atoms with van der Waals surface area (Å²) in [4.78, 5) is 40.1. The number of rotatable bonds is 5. The molecule has 0 spiro atoms. The van der Waals surface area contributed by atoms with Gasteiger partial charge in [0.1, 0.15) is 5.69 Å². The summed E-state index contributed by atoms with van der Waals surface area (Å²) in [5.74, 6) is -0.303. The van der Waals surface area contributed by atoms with Crippen LogP contribution in [-0.4, -0.2) is 40.0 Å². The Hall–Kier alpha value is -3.71. The minimum absolute atomic E-state index is 0.0652. The predicted molar refractivity (Wildman–Crippen MR) is 134 cm³/mol. The molecular weight excluding hydrogens is 428 g/mol. The number of piperidine rings is 1. The van der Waals surface area contributed by atoms with Crippen molar-refractivity contribution in [3.63, 3.8) is 0 Å². The third kappa shape index (κ3) is 3.72. The predicted octanol–water partition coefficient (Wildman–Crippen LogP) is 3.17.